The van der Waals surface area contributed by atoms with Crippen molar-refractivity contribution in [1.29, 1.82) is 0 Å². The topological polar surface area (TPSA) is 42.1 Å². The molecular weight excluding hydrogens is 226 g/mol. The average molecular weight is 238 g/mol. The predicted molar refractivity (Wildman–Crippen MR) is 64.0 cm³/mol. The molecule has 0 aliphatic rings. The highest BCUT2D eigenvalue weighted by atomic mass is 35.5. The summed E-state index contributed by atoms with van der Waals surface area (Å²) in [6.07, 6.45) is 1.72. The lowest BCUT2D eigenvalue weighted by Crippen LogP contribution is -2.04. The standard InChI is InChI=1S/C12H12ClNO2/c1-3-16-12(15)8-4-7(2)11-9(5-8)10(13)6-14-11/h4-6,14H,3H2,1-2H3. The van der Waals surface area contributed by atoms with E-state index in [0.717, 1.165) is 16.5 Å². The number of nitrogens with one attached hydrogen (secondary N) is 1. The molecule has 3 nitrogen and oxygen atoms in total. The maximum atomic E-state index is 11.6. The van der Waals surface area contributed by atoms with E-state index in [1.807, 2.05) is 6.92 Å². The predicted octanol–water partition coefficient (Wildman–Crippen LogP) is 3.31. The Kier molecular flexibility index (Phi) is 2.88. The molecule has 0 fully saturated rings. The minimum absolute atomic E-state index is 0.315. The van der Waals surface area contributed by atoms with E-state index in [-0.39, 0.29) is 5.97 Å². The Morgan fingerprint density at radius 3 is 2.94 bits per heavy atom. The van der Waals surface area contributed by atoms with Crippen LogP contribution in [0.3, 0.4) is 0 Å². The first-order chi connectivity index (χ1) is 7.63. The first kappa shape index (κ1) is 11.0. The number of H-pyrrole nitrogens is 1. The van der Waals surface area contributed by atoms with Gasteiger partial charge in [0.25, 0.3) is 0 Å². The van der Waals surface area contributed by atoms with E-state index in [2.05, 4.69) is 4.98 Å². The second-order valence-corrected chi connectivity index (χ2v) is 3.98. The molecule has 0 bridgehead atoms. The number of ether oxygens (including phenoxy) is 1. The van der Waals surface area contributed by atoms with Crippen LogP contribution in [0.15, 0.2) is 18.3 Å². The zero-order chi connectivity index (χ0) is 11.7. The number of esters is 1. The molecule has 0 atom stereocenters. The van der Waals surface area contributed by atoms with Gasteiger partial charge in [-0.25, -0.2) is 4.79 Å². The quantitative estimate of drug-likeness (QED) is 0.815. The summed E-state index contributed by atoms with van der Waals surface area (Å²) in [4.78, 5) is 14.7. The Hall–Kier alpha value is -1.48. The largest absolute Gasteiger partial charge is 0.462 e. The van der Waals surface area contributed by atoms with E-state index in [4.69, 9.17) is 16.3 Å². The van der Waals surface area contributed by atoms with Crippen molar-refractivity contribution in [2.24, 2.45) is 0 Å². The molecule has 1 heterocycles. The molecule has 0 saturated carbocycles. The number of hydrogen-bond acceptors (Lipinski definition) is 2. The van der Waals surface area contributed by atoms with Gasteiger partial charge in [0.1, 0.15) is 0 Å². The Balaban J connectivity index is 2.56. The molecule has 0 spiro atoms. The summed E-state index contributed by atoms with van der Waals surface area (Å²) in [7, 11) is 0. The zero-order valence-corrected chi connectivity index (χ0v) is 9.89. The van der Waals surface area contributed by atoms with Gasteiger partial charge in [-0.3, -0.25) is 0 Å². The Morgan fingerprint density at radius 1 is 1.50 bits per heavy atom. The van der Waals surface area contributed by atoms with Gasteiger partial charge in [-0.1, -0.05) is 11.6 Å². The number of fused-ring (bicyclic) bond motifs is 1. The molecule has 0 saturated heterocycles. The van der Waals surface area contributed by atoms with Crippen molar-refractivity contribution in [3.8, 4) is 0 Å². The highest BCUT2D eigenvalue weighted by molar-refractivity contribution is 6.35. The molecule has 0 amide bonds. The van der Waals surface area contributed by atoms with Gasteiger partial charge >= 0.3 is 5.97 Å². The van der Waals surface area contributed by atoms with Crippen molar-refractivity contribution in [1.82, 2.24) is 4.98 Å². The molecule has 1 aromatic carbocycles. The van der Waals surface area contributed by atoms with E-state index in [1.54, 1.807) is 25.3 Å². The molecule has 0 unspecified atom stereocenters. The summed E-state index contributed by atoms with van der Waals surface area (Å²) >= 11 is 6.01. The van der Waals surface area contributed by atoms with E-state index >= 15 is 0 Å². The van der Waals surface area contributed by atoms with E-state index in [1.165, 1.54) is 0 Å². The highest BCUT2D eigenvalue weighted by Crippen LogP contribution is 2.27. The Morgan fingerprint density at radius 2 is 2.25 bits per heavy atom. The maximum absolute atomic E-state index is 11.6. The number of hydrogen-bond donors (Lipinski definition) is 1. The van der Waals surface area contributed by atoms with Crippen LogP contribution >= 0.6 is 11.6 Å². The number of aromatic nitrogens is 1. The van der Waals surface area contributed by atoms with Crippen molar-refractivity contribution < 1.29 is 9.53 Å². The van der Waals surface area contributed by atoms with Crippen LogP contribution in [0.4, 0.5) is 0 Å². The fourth-order valence-corrected chi connectivity index (χ4v) is 1.92. The third-order valence-electron chi connectivity index (χ3n) is 2.45. The first-order valence-electron chi connectivity index (χ1n) is 5.08. The summed E-state index contributed by atoms with van der Waals surface area (Å²) in [6.45, 7) is 4.08. The molecule has 84 valence electrons. The molecule has 2 aromatic rings. The molecule has 2 rings (SSSR count). The maximum Gasteiger partial charge on any atom is 0.338 e. The average Bonchev–Trinajstić information content (AvgIpc) is 2.61. The smallest absolute Gasteiger partial charge is 0.338 e. The minimum atomic E-state index is -0.315. The molecule has 16 heavy (non-hydrogen) atoms. The zero-order valence-electron chi connectivity index (χ0n) is 9.13. The molecule has 1 N–H and O–H groups in total. The van der Waals surface area contributed by atoms with Crippen molar-refractivity contribution in [3.63, 3.8) is 0 Å². The van der Waals surface area contributed by atoms with Crippen LogP contribution in [0.1, 0.15) is 22.8 Å². The second kappa shape index (κ2) is 4.18. The summed E-state index contributed by atoms with van der Waals surface area (Å²) in [6, 6.07) is 3.55. The fraction of sp³-hybridized carbons (Fsp3) is 0.250. The number of carbonyl (C=O) groups excluding carboxylic acids is 1. The Bertz CT molecular complexity index is 545. The highest BCUT2D eigenvalue weighted by Gasteiger charge is 2.11. The van der Waals surface area contributed by atoms with Crippen LogP contribution in [-0.4, -0.2) is 17.6 Å². The van der Waals surface area contributed by atoms with E-state index in [9.17, 15) is 4.79 Å². The van der Waals surface area contributed by atoms with Crippen molar-refractivity contribution in [2.75, 3.05) is 6.61 Å². The van der Waals surface area contributed by atoms with Gasteiger partial charge in [0.15, 0.2) is 0 Å². The molecule has 0 radical (unpaired) electrons. The van der Waals surface area contributed by atoms with Crippen LogP contribution in [0.25, 0.3) is 10.9 Å². The van der Waals surface area contributed by atoms with Crippen LogP contribution in [-0.2, 0) is 4.74 Å². The fourth-order valence-electron chi connectivity index (χ4n) is 1.71. The van der Waals surface area contributed by atoms with E-state index < -0.39 is 0 Å². The van der Waals surface area contributed by atoms with Gasteiger partial charge in [-0.2, -0.15) is 0 Å². The number of carbonyl (C=O) groups is 1. The van der Waals surface area contributed by atoms with Gasteiger partial charge in [0.05, 0.1) is 17.2 Å². The number of halogens is 1. The molecule has 1 aromatic heterocycles. The lowest BCUT2D eigenvalue weighted by atomic mass is 10.1. The lowest BCUT2D eigenvalue weighted by Gasteiger charge is -2.04. The van der Waals surface area contributed by atoms with Gasteiger partial charge < -0.3 is 9.72 Å². The minimum Gasteiger partial charge on any atom is -0.462 e. The van der Waals surface area contributed by atoms with Crippen molar-refractivity contribution in [2.45, 2.75) is 13.8 Å². The number of aryl methyl sites for hydroxylation is 1. The van der Waals surface area contributed by atoms with Gasteiger partial charge in [-0.05, 0) is 31.5 Å². The number of rotatable bonds is 2. The molecule has 4 heteroatoms. The molecular formula is C12H12ClNO2. The first-order valence-corrected chi connectivity index (χ1v) is 5.45. The normalized spacial score (nSPS) is 10.7. The van der Waals surface area contributed by atoms with Crippen LogP contribution in [0.2, 0.25) is 5.02 Å². The molecule has 0 aliphatic heterocycles. The monoisotopic (exact) mass is 237 g/mol. The van der Waals surface area contributed by atoms with Crippen LogP contribution in [0, 0.1) is 6.92 Å². The van der Waals surface area contributed by atoms with Gasteiger partial charge in [-0.15, -0.1) is 0 Å². The summed E-state index contributed by atoms with van der Waals surface area (Å²) in [5, 5.41) is 1.47. The second-order valence-electron chi connectivity index (χ2n) is 3.57. The van der Waals surface area contributed by atoms with E-state index in [0.29, 0.717) is 17.2 Å². The van der Waals surface area contributed by atoms with Crippen LogP contribution < -0.4 is 0 Å². The number of aromatic amines is 1. The number of benzene rings is 1. The third kappa shape index (κ3) is 1.78. The van der Waals surface area contributed by atoms with Crippen molar-refractivity contribution >= 4 is 28.5 Å². The van der Waals surface area contributed by atoms with Gasteiger partial charge in [0, 0.05) is 17.1 Å². The van der Waals surface area contributed by atoms with Crippen LogP contribution in [0.5, 0.6) is 0 Å². The van der Waals surface area contributed by atoms with Gasteiger partial charge in [0.2, 0.25) is 0 Å². The SMILES string of the molecule is CCOC(=O)c1cc(C)c2[nH]cc(Cl)c2c1. The molecule has 0 aliphatic carbocycles. The van der Waals surface area contributed by atoms with Crippen molar-refractivity contribution in [3.05, 3.63) is 34.5 Å². The summed E-state index contributed by atoms with van der Waals surface area (Å²) < 4.78 is 4.96. The Labute approximate surface area is 98.4 Å². The third-order valence-corrected chi connectivity index (χ3v) is 2.76. The lowest BCUT2D eigenvalue weighted by molar-refractivity contribution is 0.0526. The summed E-state index contributed by atoms with van der Waals surface area (Å²) in [5.74, 6) is -0.315. The summed E-state index contributed by atoms with van der Waals surface area (Å²) in [5.41, 5.74) is 2.47.